The van der Waals surface area contributed by atoms with E-state index in [0.29, 0.717) is 12.5 Å². The van der Waals surface area contributed by atoms with Crippen LogP contribution in [-0.2, 0) is 6.54 Å². The van der Waals surface area contributed by atoms with E-state index >= 15 is 0 Å². The largest absolute Gasteiger partial charge is 0.369 e. The number of nitrogens with zero attached hydrogens (tertiary/aromatic N) is 2. The van der Waals surface area contributed by atoms with Crippen molar-refractivity contribution in [3.05, 3.63) is 33.2 Å². The zero-order valence-corrected chi connectivity index (χ0v) is 9.27. The molecule has 0 saturated heterocycles. The number of aromatic nitrogens is 2. The van der Waals surface area contributed by atoms with Crippen molar-refractivity contribution in [2.75, 3.05) is 5.73 Å². The Kier molecular flexibility index (Phi) is 2.48. The summed E-state index contributed by atoms with van der Waals surface area (Å²) in [6.07, 6.45) is 1.76. The fourth-order valence-corrected chi connectivity index (χ4v) is 2.35. The molecule has 2 aromatic rings. The minimum Gasteiger partial charge on any atom is -0.369 e. The van der Waals surface area contributed by atoms with Crippen LogP contribution < -0.4 is 5.73 Å². The number of anilines is 1. The summed E-state index contributed by atoms with van der Waals surface area (Å²) in [5.41, 5.74) is 6.77. The Hall–Kier alpha value is -1.00. The van der Waals surface area contributed by atoms with E-state index in [9.17, 15) is 0 Å². The summed E-state index contributed by atoms with van der Waals surface area (Å²) in [6, 6.07) is 1.89. The Morgan fingerprint density at radius 1 is 1.64 bits per heavy atom. The highest BCUT2D eigenvalue weighted by Crippen LogP contribution is 2.24. The van der Waals surface area contributed by atoms with Crippen molar-refractivity contribution in [1.29, 1.82) is 0 Å². The van der Waals surface area contributed by atoms with Gasteiger partial charge in [0.2, 0.25) is 5.95 Å². The van der Waals surface area contributed by atoms with Crippen LogP contribution >= 0.6 is 22.9 Å². The second-order valence-electron chi connectivity index (χ2n) is 3.04. The van der Waals surface area contributed by atoms with Crippen molar-refractivity contribution in [1.82, 2.24) is 9.55 Å². The van der Waals surface area contributed by atoms with E-state index in [1.807, 2.05) is 22.9 Å². The van der Waals surface area contributed by atoms with E-state index in [1.54, 1.807) is 17.5 Å². The lowest BCUT2D eigenvalue weighted by Gasteiger charge is -2.05. The normalized spacial score (nSPS) is 10.7. The smallest absolute Gasteiger partial charge is 0.200 e. The maximum atomic E-state index is 6.00. The number of thiophene rings is 1. The van der Waals surface area contributed by atoms with Gasteiger partial charge in [0.1, 0.15) is 0 Å². The van der Waals surface area contributed by atoms with Gasteiger partial charge in [-0.2, -0.15) is 0 Å². The van der Waals surface area contributed by atoms with Gasteiger partial charge in [0.05, 0.1) is 17.8 Å². The van der Waals surface area contributed by atoms with E-state index < -0.39 is 0 Å². The number of hydrogen-bond acceptors (Lipinski definition) is 3. The Balaban J connectivity index is 2.31. The molecule has 5 heteroatoms. The van der Waals surface area contributed by atoms with Crippen LogP contribution in [0.15, 0.2) is 17.6 Å². The third kappa shape index (κ3) is 1.63. The molecule has 0 aromatic carbocycles. The molecule has 2 heterocycles. The SMILES string of the molecule is Cc1cnc(N)n1Cc1sccc1Cl. The molecule has 0 fully saturated rings. The van der Waals surface area contributed by atoms with Crippen molar-refractivity contribution in [2.45, 2.75) is 13.5 Å². The number of nitrogens with two attached hydrogens (primary N) is 1. The Morgan fingerprint density at radius 3 is 2.93 bits per heavy atom. The number of nitrogen functional groups attached to an aromatic ring is 1. The third-order valence-corrected chi connectivity index (χ3v) is 3.45. The van der Waals surface area contributed by atoms with Crippen molar-refractivity contribution >= 4 is 28.9 Å². The summed E-state index contributed by atoms with van der Waals surface area (Å²) in [7, 11) is 0. The van der Waals surface area contributed by atoms with Gasteiger partial charge in [-0.15, -0.1) is 11.3 Å². The molecular weight excluding hydrogens is 218 g/mol. The predicted molar refractivity (Wildman–Crippen MR) is 59.8 cm³/mol. The minimum atomic E-state index is 0.534. The highest BCUT2D eigenvalue weighted by atomic mass is 35.5. The number of hydrogen-bond donors (Lipinski definition) is 1. The molecule has 0 spiro atoms. The molecule has 0 saturated carbocycles. The second kappa shape index (κ2) is 3.63. The molecule has 14 heavy (non-hydrogen) atoms. The summed E-state index contributed by atoms with van der Waals surface area (Å²) in [5.74, 6) is 0.534. The lowest BCUT2D eigenvalue weighted by atomic mass is 10.4. The molecule has 0 unspecified atom stereocenters. The van der Waals surface area contributed by atoms with Gasteiger partial charge in [0, 0.05) is 10.6 Å². The highest BCUT2D eigenvalue weighted by Gasteiger charge is 2.07. The molecule has 2 rings (SSSR count). The zero-order valence-electron chi connectivity index (χ0n) is 7.70. The molecular formula is C9H10ClN3S. The lowest BCUT2D eigenvalue weighted by molar-refractivity contribution is 0.794. The zero-order chi connectivity index (χ0) is 10.1. The van der Waals surface area contributed by atoms with E-state index in [4.69, 9.17) is 17.3 Å². The Morgan fingerprint density at radius 2 is 2.43 bits per heavy atom. The molecule has 0 bridgehead atoms. The first kappa shape index (κ1) is 9.55. The van der Waals surface area contributed by atoms with E-state index in [1.165, 1.54) is 0 Å². The maximum Gasteiger partial charge on any atom is 0.200 e. The van der Waals surface area contributed by atoms with Crippen molar-refractivity contribution in [3.8, 4) is 0 Å². The number of aryl methyl sites for hydroxylation is 1. The van der Waals surface area contributed by atoms with Crippen LogP contribution in [0.4, 0.5) is 5.95 Å². The van der Waals surface area contributed by atoms with Gasteiger partial charge in [0.15, 0.2) is 0 Å². The first-order chi connectivity index (χ1) is 6.68. The van der Waals surface area contributed by atoms with Crippen LogP contribution in [0.3, 0.4) is 0 Å². The number of halogens is 1. The van der Waals surface area contributed by atoms with Gasteiger partial charge in [-0.05, 0) is 18.4 Å². The topological polar surface area (TPSA) is 43.8 Å². The van der Waals surface area contributed by atoms with Gasteiger partial charge in [-0.1, -0.05) is 11.6 Å². The fraction of sp³-hybridized carbons (Fsp3) is 0.222. The van der Waals surface area contributed by atoms with Gasteiger partial charge < -0.3 is 10.3 Å². The van der Waals surface area contributed by atoms with Crippen molar-refractivity contribution in [2.24, 2.45) is 0 Å². The number of imidazole rings is 1. The monoisotopic (exact) mass is 227 g/mol. The second-order valence-corrected chi connectivity index (χ2v) is 4.44. The van der Waals surface area contributed by atoms with E-state index in [2.05, 4.69) is 4.98 Å². The minimum absolute atomic E-state index is 0.534. The predicted octanol–water partition coefficient (Wildman–Crippen LogP) is 2.54. The summed E-state index contributed by atoms with van der Waals surface area (Å²) < 4.78 is 1.94. The van der Waals surface area contributed by atoms with Crippen LogP contribution in [0.2, 0.25) is 5.02 Å². The number of rotatable bonds is 2. The standard InChI is InChI=1S/C9H10ClN3S/c1-6-4-12-9(11)13(6)5-8-7(10)2-3-14-8/h2-4H,5H2,1H3,(H2,11,12). The third-order valence-electron chi connectivity index (χ3n) is 2.08. The maximum absolute atomic E-state index is 6.00. The summed E-state index contributed by atoms with van der Waals surface area (Å²) in [5, 5.41) is 2.77. The molecule has 0 radical (unpaired) electrons. The first-order valence-electron chi connectivity index (χ1n) is 4.18. The van der Waals surface area contributed by atoms with Gasteiger partial charge in [-0.3, -0.25) is 0 Å². The van der Waals surface area contributed by atoms with Crippen molar-refractivity contribution < 1.29 is 0 Å². The van der Waals surface area contributed by atoms with Crippen LogP contribution in [0.5, 0.6) is 0 Å². The first-order valence-corrected chi connectivity index (χ1v) is 5.43. The molecule has 3 nitrogen and oxygen atoms in total. The fourth-order valence-electron chi connectivity index (χ4n) is 1.27. The molecule has 0 amide bonds. The van der Waals surface area contributed by atoms with Crippen LogP contribution in [0.1, 0.15) is 10.6 Å². The molecule has 74 valence electrons. The Labute approximate surface area is 91.1 Å². The summed E-state index contributed by atoms with van der Waals surface area (Å²) >= 11 is 7.63. The molecule has 0 aliphatic heterocycles. The van der Waals surface area contributed by atoms with Gasteiger partial charge >= 0.3 is 0 Å². The van der Waals surface area contributed by atoms with E-state index in [0.717, 1.165) is 15.6 Å². The lowest BCUT2D eigenvalue weighted by Crippen LogP contribution is -2.05. The average Bonchev–Trinajstić information content (AvgIpc) is 2.67. The molecule has 0 atom stereocenters. The molecule has 2 aromatic heterocycles. The van der Waals surface area contributed by atoms with Gasteiger partial charge in [-0.25, -0.2) is 4.98 Å². The molecule has 0 aliphatic rings. The van der Waals surface area contributed by atoms with Crippen LogP contribution in [-0.4, -0.2) is 9.55 Å². The van der Waals surface area contributed by atoms with Crippen LogP contribution in [0, 0.1) is 6.92 Å². The molecule has 2 N–H and O–H groups in total. The van der Waals surface area contributed by atoms with E-state index in [-0.39, 0.29) is 0 Å². The highest BCUT2D eigenvalue weighted by molar-refractivity contribution is 7.10. The quantitative estimate of drug-likeness (QED) is 0.857. The van der Waals surface area contributed by atoms with Crippen molar-refractivity contribution in [3.63, 3.8) is 0 Å². The van der Waals surface area contributed by atoms with Crippen LogP contribution in [0.25, 0.3) is 0 Å². The van der Waals surface area contributed by atoms with Gasteiger partial charge in [0.25, 0.3) is 0 Å². The summed E-state index contributed by atoms with van der Waals surface area (Å²) in [4.78, 5) is 5.14. The molecule has 0 aliphatic carbocycles. The summed E-state index contributed by atoms with van der Waals surface area (Å²) in [6.45, 7) is 2.68. The Bertz CT molecular complexity index is 427. The average molecular weight is 228 g/mol.